The minimum absolute atomic E-state index is 0.0656. The molecule has 4 nitrogen and oxygen atoms in total. The van der Waals surface area contributed by atoms with Crippen molar-refractivity contribution in [2.45, 2.75) is 19.4 Å². The van der Waals surface area contributed by atoms with Crippen molar-refractivity contribution in [1.29, 1.82) is 0 Å². The fraction of sp³-hybridized carbons (Fsp3) is 0.417. The summed E-state index contributed by atoms with van der Waals surface area (Å²) in [6, 6.07) is 4.96. The number of hydrogen-bond donors (Lipinski definition) is 2. The molecule has 0 heterocycles. The molecule has 0 aliphatic carbocycles. The number of aliphatic hydroxyl groups excluding tert-OH is 1. The zero-order valence-electron chi connectivity index (χ0n) is 9.87. The van der Waals surface area contributed by atoms with Gasteiger partial charge in [-0.1, -0.05) is 6.92 Å². The second kappa shape index (κ2) is 6.61. The smallest absolute Gasteiger partial charge is 0.252 e. The maximum Gasteiger partial charge on any atom is 0.252 e. The van der Waals surface area contributed by atoms with E-state index in [-0.39, 0.29) is 18.6 Å². The third kappa shape index (κ3) is 3.71. The summed E-state index contributed by atoms with van der Waals surface area (Å²) >= 11 is 3.32. The van der Waals surface area contributed by atoms with Gasteiger partial charge in [-0.15, -0.1) is 0 Å². The van der Waals surface area contributed by atoms with Crippen LogP contribution in [0.25, 0.3) is 0 Å². The molecule has 1 aromatic rings. The predicted molar refractivity (Wildman–Crippen MR) is 69.3 cm³/mol. The zero-order valence-corrected chi connectivity index (χ0v) is 11.5. The fourth-order valence-corrected chi connectivity index (χ4v) is 1.77. The van der Waals surface area contributed by atoms with Gasteiger partial charge >= 0.3 is 0 Å². The van der Waals surface area contributed by atoms with Gasteiger partial charge in [0.05, 0.1) is 25.3 Å². The number of carbonyl (C=O) groups is 1. The number of nitrogens with one attached hydrogen (secondary N) is 1. The monoisotopic (exact) mass is 301 g/mol. The molecule has 0 aromatic heterocycles. The van der Waals surface area contributed by atoms with Crippen LogP contribution >= 0.6 is 15.9 Å². The highest BCUT2D eigenvalue weighted by molar-refractivity contribution is 9.10. The van der Waals surface area contributed by atoms with Crippen molar-refractivity contribution in [2.24, 2.45) is 0 Å². The summed E-state index contributed by atoms with van der Waals surface area (Å²) in [5.41, 5.74) is 0.497. The molecule has 1 amide bonds. The van der Waals surface area contributed by atoms with Crippen molar-refractivity contribution in [3.8, 4) is 5.75 Å². The number of amides is 1. The second-order valence-electron chi connectivity index (χ2n) is 3.61. The molecule has 0 unspecified atom stereocenters. The molecule has 17 heavy (non-hydrogen) atoms. The van der Waals surface area contributed by atoms with Crippen LogP contribution < -0.4 is 10.1 Å². The Hall–Kier alpha value is -1.07. The summed E-state index contributed by atoms with van der Waals surface area (Å²) in [4.78, 5) is 12.0. The van der Waals surface area contributed by atoms with Gasteiger partial charge in [-0.3, -0.25) is 4.79 Å². The van der Waals surface area contributed by atoms with E-state index in [0.717, 1.165) is 0 Å². The molecule has 94 valence electrons. The number of aliphatic hydroxyl groups is 1. The van der Waals surface area contributed by atoms with Gasteiger partial charge in [-0.2, -0.15) is 0 Å². The van der Waals surface area contributed by atoms with Crippen LogP contribution in [-0.2, 0) is 0 Å². The molecule has 1 rings (SSSR count). The summed E-state index contributed by atoms with van der Waals surface area (Å²) in [6.45, 7) is 1.84. The molecule has 1 atom stereocenters. The highest BCUT2D eigenvalue weighted by atomic mass is 79.9. The molecular formula is C12H16BrNO3. The topological polar surface area (TPSA) is 58.6 Å². The van der Waals surface area contributed by atoms with Crippen LogP contribution in [0.15, 0.2) is 22.7 Å². The number of ether oxygens (including phenoxy) is 1. The summed E-state index contributed by atoms with van der Waals surface area (Å²) in [6.07, 6.45) is 0.684. The third-order valence-electron chi connectivity index (χ3n) is 2.47. The van der Waals surface area contributed by atoms with Crippen molar-refractivity contribution in [1.82, 2.24) is 5.32 Å². The van der Waals surface area contributed by atoms with E-state index in [9.17, 15) is 4.79 Å². The van der Waals surface area contributed by atoms with Crippen LogP contribution in [0, 0.1) is 0 Å². The zero-order chi connectivity index (χ0) is 12.8. The van der Waals surface area contributed by atoms with Crippen LogP contribution in [0.5, 0.6) is 5.75 Å². The van der Waals surface area contributed by atoms with E-state index in [1.54, 1.807) is 25.3 Å². The van der Waals surface area contributed by atoms with E-state index in [1.807, 2.05) is 6.92 Å². The SMILES string of the molecule is CC[C@H](CO)NC(=O)c1cc(OC)ccc1Br. The van der Waals surface area contributed by atoms with Crippen molar-refractivity contribution in [3.05, 3.63) is 28.2 Å². The Balaban J connectivity index is 2.87. The molecule has 0 fully saturated rings. The Kier molecular flexibility index (Phi) is 5.44. The Morgan fingerprint density at radius 1 is 1.59 bits per heavy atom. The summed E-state index contributed by atoms with van der Waals surface area (Å²) in [5.74, 6) is 0.395. The van der Waals surface area contributed by atoms with Gasteiger partial charge in [0.25, 0.3) is 5.91 Å². The molecule has 5 heteroatoms. The minimum atomic E-state index is -0.225. The lowest BCUT2D eigenvalue weighted by Gasteiger charge is -2.15. The lowest BCUT2D eigenvalue weighted by molar-refractivity contribution is 0.0914. The van der Waals surface area contributed by atoms with E-state index in [1.165, 1.54) is 0 Å². The predicted octanol–water partition coefficient (Wildman–Crippen LogP) is 1.96. The first-order valence-corrected chi connectivity index (χ1v) is 6.17. The number of carbonyl (C=O) groups excluding carboxylic acids is 1. The highest BCUT2D eigenvalue weighted by Gasteiger charge is 2.14. The van der Waals surface area contributed by atoms with E-state index in [0.29, 0.717) is 22.2 Å². The fourth-order valence-electron chi connectivity index (χ4n) is 1.35. The molecule has 0 saturated heterocycles. The third-order valence-corrected chi connectivity index (χ3v) is 3.16. The van der Waals surface area contributed by atoms with Crippen molar-refractivity contribution in [2.75, 3.05) is 13.7 Å². The van der Waals surface area contributed by atoms with Crippen molar-refractivity contribution in [3.63, 3.8) is 0 Å². The molecule has 0 radical (unpaired) electrons. The van der Waals surface area contributed by atoms with E-state index in [4.69, 9.17) is 9.84 Å². The number of rotatable bonds is 5. The van der Waals surface area contributed by atoms with E-state index < -0.39 is 0 Å². The largest absolute Gasteiger partial charge is 0.497 e. The molecule has 0 aliphatic heterocycles. The maximum absolute atomic E-state index is 12.0. The first kappa shape index (κ1) is 14.0. The molecule has 0 saturated carbocycles. The summed E-state index contributed by atoms with van der Waals surface area (Å²) < 4.78 is 5.77. The number of hydrogen-bond acceptors (Lipinski definition) is 3. The highest BCUT2D eigenvalue weighted by Crippen LogP contribution is 2.22. The lowest BCUT2D eigenvalue weighted by Crippen LogP contribution is -2.37. The van der Waals surface area contributed by atoms with Crippen LogP contribution in [0.1, 0.15) is 23.7 Å². The Bertz CT molecular complexity index is 391. The maximum atomic E-state index is 12.0. The first-order chi connectivity index (χ1) is 8.12. The first-order valence-electron chi connectivity index (χ1n) is 5.37. The second-order valence-corrected chi connectivity index (χ2v) is 4.46. The van der Waals surface area contributed by atoms with Crippen LogP contribution in [-0.4, -0.2) is 30.8 Å². The normalized spacial score (nSPS) is 12.0. The average Bonchev–Trinajstić information content (AvgIpc) is 2.36. The van der Waals surface area contributed by atoms with Crippen LogP contribution in [0.3, 0.4) is 0 Å². The van der Waals surface area contributed by atoms with E-state index in [2.05, 4.69) is 21.2 Å². The Labute approximate surface area is 109 Å². The van der Waals surface area contributed by atoms with Crippen molar-refractivity contribution < 1.29 is 14.6 Å². The number of benzene rings is 1. The molecule has 0 spiro atoms. The average molecular weight is 302 g/mol. The van der Waals surface area contributed by atoms with Crippen LogP contribution in [0.4, 0.5) is 0 Å². The molecular weight excluding hydrogens is 286 g/mol. The molecule has 2 N–H and O–H groups in total. The lowest BCUT2D eigenvalue weighted by atomic mass is 10.1. The Morgan fingerprint density at radius 3 is 2.82 bits per heavy atom. The molecule has 0 bridgehead atoms. The molecule has 1 aromatic carbocycles. The van der Waals surface area contributed by atoms with Gasteiger partial charge in [0.2, 0.25) is 0 Å². The Morgan fingerprint density at radius 2 is 2.29 bits per heavy atom. The van der Waals surface area contributed by atoms with Crippen molar-refractivity contribution >= 4 is 21.8 Å². The van der Waals surface area contributed by atoms with Gasteiger partial charge in [0.1, 0.15) is 5.75 Å². The van der Waals surface area contributed by atoms with Gasteiger partial charge < -0.3 is 15.2 Å². The van der Waals surface area contributed by atoms with Gasteiger partial charge in [-0.05, 0) is 40.5 Å². The summed E-state index contributed by atoms with van der Waals surface area (Å²) in [7, 11) is 1.55. The van der Waals surface area contributed by atoms with Gasteiger partial charge in [0.15, 0.2) is 0 Å². The standard InChI is InChI=1S/C12H16BrNO3/c1-3-8(7-15)14-12(16)10-6-9(17-2)4-5-11(10)13/h4-6,8,15H,3,7H2,1-2H3,(H,14,16)/t8-/m1/s1. The number of methoxy groups -OCH3 is 1. The number of halogens is 1. The minimum Gasteiger partial charge on any atom is -0.497 e. The molecule has 0 aliphatic rings. The van der Waals surface area contributed by atoms with Gasteiger partial charge in [-0.25, -0.2) is 0 Å². The summed E-state index contributed by atoms with van der Waals surface area (Å²) in [5, 5.41) is 11.8. The van der Waals surface area contributed by atoms with Crippen LogP contribution in [0.2, 0.25) is 0 Å². The quantitative estimate of drug-likeness (QED) is 0.874. The van der Waals surface area contributed by atoms with E-state index >= 15 is 0 Å². The van der Waals surface area contributed by atoms with Gasteiger partial charge in [0, 0.05) is 4.47 Å².